The number of aryl methyl sites for hydroxylation is 1. The highest BCUT2D eigenvalue weighted by molar-refractivity contribution is 5.95. The van der Waals surface area contributed by atoms with E-state index in [0.29, 0.717) is 12.1 Å². The van der Waals surface area contributed by atoms with Gasteiger partial charge in [-0.1, -0.05) is 24.6 Å². The van der Waals surface area contributed by atoms with Gasteiger partial charge < -0.3 is 14.5 Å². The summed E-state index contributed by atoms with van der Waals surface area (Å²) in [5, 5.41) is 4.55. The summed E-state index contributed by atoms with van der Waals surface area (Å²) in [5.74, 6) is 0.930. The molecule has 0 bridgehead atoms. The first-order chi connectivity index (χ1) is 15.1. The van der Waals surface area contributed by atoms with Crippen LogP contribution in [0.3, 0.4) is 0 Å². The van der Waals surface area contributed by atoms with E-state index in [9.17, 15) is 4.79 Å². The van der Waals surface area contributed by atoms with E-state index in [-0.39, 0.29) is 5.91 Å². The normalized spacial score (nSPS) is 14.4. The molecular weight excluding hydrogens is 388 g/mol. The van der Waals surface area contributed by atoms with Gasteiger partial charge in [0.2, 0.25) is 0 Å². The Kier molecular flexibility index (Phi) is 6.26. The molecule has 1 fully saturated rings. The second-order valence-corrected chi connectivity index (χ2v) is 7.94. The minimum atomic E-state index is 0.0757. The minimum absolute atomic E-state index is 0.0757. The Morgan fingerprint density at radius 2 is 1.68 bits per heavy atom. The van der Waals surface area contributed by atoms with Crippen LogP contribution in [-0.4, -0.2) is 53.9 Å². The van der Waals surface area contributed by atoms with Gasteiger partial charge in [0.25, 0.3) is 5.91 Å². The van der Waals surface area contributed by atoms with Crippen LogP contribution in [0.25, 0.3) is 5.69 Å². The summed E-state index contributed by atoms with van der Waals surface area (Å²) in [4.78, 5) is 17.7. The second kappa shape index (κ2) is 9.25. The van der Waals surface area contributed by atoms with E-state index in [1.54, 1.807) is 13.3 Å². The molecule has 0 aliphatic carbocycles. The Labute approximate surface area is 184 Å². The van der Waals surface area contributed by atoms with E-state index in [1.807, 2.05) is 21.7 Å². The number of carbonyl (C=O) groups excluding carboxylic acids is 1. The molecule has 1 aliphatic heterocycles. The quantitative estimate of drug-likeness (QED) is 0.626. The molecule has 31 heavy (non-hydrogen) atoms. The fourth-order valence-electron chi connectivity index (χ4n) is 4.14. The first kappa shape index (κ1) is 21.0. The number of rotatable bonds is 5. The van der Waals surface area contributed by atoms with E-state index in [2.05, 4.69) is 60.2 Å². The molecule has 2 aromatic carbocycles. The number of nitrogens with zero attached hydrogens (tertiary/aromatic N) is 4. The number of ether oxygens (including phenoxy) is 1. The Morgan fingerprint density at radius 1 is 0.968 bits per heavy atom. The van der Waals surface area contributed by atoms with Gasteiger partial charge in [0.15, 0.2) is 0 Å². The Balaban J connectivity index is 1.50. The lowest BCUT2D eigenvalue weighted by Crippen LogP contribution is -2.35. The molecule has 0 N–H and O–H groups in total. The van der Waals surface area contributed by atoms with Crippen LogP contribution in [0.5, 0.6) is 5.75 Å². The molecule has 1 aliphatic rings. The van der Waals surface area contributed by atoms with Crippen LogP contribution in [0.1, 0.15) is 35.0 Å². The largest absolute Gasteiger partial charge is 0.497 e. The topological polar surface area (TPSA) is 50.6 Å². The molecule has 6 heteroatoms. The maximum Gasteiger partial charge on any atom is 0.257 e. The number of methoxy groups -OCH3 is 1. The van der Waals surface area contributed by atoms with Crippen molar-refractivity contribution in [3.63, 3.8) is 0 Å². The summed E-state index contributed by atoms with van der Waals surface area (Å²) < 4.78 is 7.16. The Bertz CT molecular complexity index is 1020. The van der Waals surface area contributed by atoms with Crippen molar-refractivity contribution < 1.29 is 9.53 Å². The van der Waals surface area contributed by atoms with E-state index >= 15 is 0 Å². The molecule has 1 saturated heterocycles. The molecular formula is C25H30N4O2. The lowest BCUT2D eigenvalue weighted by Gasteiger charge is -2.24. The van der Waals surface area contributed by atoms with Crippen molar-refractivity contribution >= 4 is 11.6 Å². The van der Waals surface area contributed by atoms with Crippen LogP contribution in [0, 0.1) is 6.92 Å². The molecule has 0 radical (unpaired) electrons. The average molecular weight is 419 g/mol. The number of carbonyl (C=O) groups is 1. The molecule has 0 spiro atoms. The van der Waals surface area contributed by atoms with Crippen LogP contribution in [-0.2, 0) is 6.42 Å². The molecule has 0 atom stereocenters. The molecule has 1 amide bonds. The average Bonchev–Trinajstić information content (AvgIpc) is 3.08. The third-order valence-electron chi connectivity index (χ3n) is 5.93. The van der Waals surface area contributed by atoms with Gasteiger partial charge in [-0.2, -0.15) is 5.10 Å². The van der Waals surface area contributed by atoms with E-state index in [4.69, 9.17) is 4.74 Å². The highest BCUT2D eigenvalue weighted by Crippen LogP contribution is 2.22. The predicted molar refractivity (Wildman–Crippen MR) is 123 cm³/mol. The zero-order valence-electron chi connectivity index (χ0n) is 18.5. The smallest absolute Gasteiger partial charge is 0.257 e. The first-order valence-electron chi connectivity index (χ1n) is 10.9. The molecule has 6 nitrogen and oxygen atoms in total. The van der Waals surface area contributed by atoms with E-state index in [0.717, 1.165) is 55.3 Å². The van der Waals surface area contributed by atoms with Gasteiger partial charge in [-0.15, -0.1) is 0 Å². The Hall–Kier alpha value is -3.28. The fraction of sp³-hybridized carbons (Fsp3) is 0.360. The van der Waals surface area contributed by atoms with E-state index in [1.165, 1.54) is 5.56 Å². The molecule has 3 aromatic rings. The monoisotopic (exact) mass is 418 g/mol. The number of hydrogen-bond acceptors (Lipinski definition) is 4. The van der Waals surface area contributed by atoms with Crippen molar-refractivity contribution in [2.24, 2.45) is 0 Å². The minimum Gasteiger partial charge on any atom is -0.497 e. The summed E-state index contributed by atoms with van der Waals surface area (Å²) in [5.41, 5.74) is 5.03. The van der Waals surface area contributed by atoms with Crippen molar-refractivity contribution in [2.45, 2.75) is 26.7 Å². The van der Waals surface area contributed by atoms with Gasteiger partial charge in [0, 0.05) is 31.9 Å². The van der Waals surface area contributed by atoms with Crippen LogP contribution in [0.2, 0.25) is 0 Å². The summed E-state index contributed by atoms with van der Waals surface area (Å²) in [6.45, 7) is 7.34. The summed E-state index contributed by atoms with van der Waals surface area (Å²) in [6.07, 6.45) is 3.42. The highest BCUT2D eigenvalue weighted by atomic mass is 16.5. The second-order valence-electron chi connectivity index (χ2n) is 7.94. The van der Waals surface area contributed by atoms with Gasteiger partial charge in [0.1, 0.15) is 5.75 Å². The predicted octanol–water partition coefficient (Wildman–Crippen LogP) is 4.10. The summed E-state index contributed by atoms with van der Waals surface area (Å²) >= 11 is 0. The number of benzene rings is 2. The zero-order valence-corrected chi connectivity index (χ0v) is 18.5. The lowest BCUT2D eigenvalue weighted by molar-refractivity contribution is 0.0766. The van der Waals surface area contributed by atoms with Gasteiger partial charge in [-0.3, -0.25) is 4.79 Å². The zero-order chi connectivity index (χ0) is 21.8. The van der Waals surface area contributed by atoms with Crippen molar-refractivity contribution in [2.75, 3.05) is 38.2 Å². The molecule has 162 valence electrons. The number of anilines is 1. The van der Waals surface area contributed by atoms with Gasteiger partial charge in [-0.25, -0.2) is 4.68 Å². The van der Waals surface area contributed by atoms with Crippen LogP contribution < -0.4 is 9.64 Å². The Morgan fingerprint density at radius 3 is 2.35 bits per heavy atom. The van der Waals surface area contributed by atoms with Gasteiger partial charge in [0.05, 0.1) is 30.3 Å². The molecule has 2 heterocycles. The number of hydrogen-bond donors (Lipinski definition) is 0. The number of amides is 1. The van der Waals surface area contributed by atoms with Crippen LogP contribution >= 0.6 is 0 Å². The standard InChI is InChI=1S/C25H30N4O2/c1-4-24-23(18-26-29(24)21-8-6-19(2)7-9-21)25(30)28-15-5-14-27(16-17-28)20-10-12-22(31-3)13-11-20/h6-13,18H,4-5,14-17H2,1-3H3. The van der Waals surface area contributed by atoms with Gasteiger partial charge in [-0.05, 0) is 56.2 Å². The SMILES string of the molecule is CCc1c(C(=O)N2CCCN(c3ccc(OC)cc3)CC2)cnn1-c1ccc(C)cc1. The van der Waals surface area contributed by atoms with Gasteiger partial charge >= 0.3 is 0 Å². The molecule has 0 saturated carbocycles. The number of aromatic nitrogens is 2. The first-order valence-corrected chi connectivity index (χ1v) is 10.9. The van der Waals surface area contributed by atoms with Crippen molar-refractivity contribution in [3.05, 3.63) is 71.5 Å². The third kappa shape index (κ3) is 4.43. The fourth-order valence-corrected chi connectivity index (χ4v) is 4.14. The molecule has 0 unspecified atom stereocenters. The molecule has 4 rings (SSSR count). The van der Waals surface area contributed by atoms with Crippen molar-refractivity contribution in [1.29, 1.82) is 0 Å². The summed E-state index contributed by atoms with van der Waals surface area (Å²) in [6, 6.07) is 16.4. The highest BCUT2D eigenvalue weighted by Gasteiger charge is 2.25. The lowest BCUT2D eigenvalue weighted by atomic mass is 10.1. The van der Waals surface area contributed by atoms with Crippen LogP contribution in [0.4, 0.5) is 5.69 Å². The maximum absolute atomic E-state index is 13.4. The van der Waals surface area contributed by atoms with Crippen molar-refractivity contribution in [3.8, 4) is 11.4 Å². The van der Waals surface area contributed by atoms with E-state index < -0.39 is 0 Å². The van der Waals surface area contributed by atoms with Crippen LogP contribution in [0.15, 0.2) is 54.7 Å². The van der Waals surface area contributed by atoms with Crippen molar-refractivity contribution in [1.82, 2.24) is 14.7 Å². The maximum atomic E-state index is 13.4. The molecule has 1 aromatic heterocycles. The third-order valence-corrected chi connectivity index (χ3v) is 5.93. The summed E-state index contributed by atoms with van der Waals surface area (Å²) in [7, 11) is 1.68.